The van der Waals surface area contributed by atoms with Crippen LogP contribution in [0.15, 0.2) is 60.9 Å². The van der Waals surface area contributed by atoms with Gasteiger partial charge in [0.1, 0.15) is 5.75 Å². The third-order valence-electron chi connectivity index (χ3n) is 3.50. The van der Waals surface area contributed by atoms with Gasteiger partial charge in [-0.3, -0.25) is 9.78 Å². The lowest BCUT2D eigenvalue weighted by Gasteiger charge is -2.07. The van der Waals surface area contributed by atoms with Crippen LogP contribution in [0.5, 0.6) is 5.75 Å². The van der Waals surface area contributed by atoms with Crippen LogP contribution in [0.3, 0.4) is 0 Å². The van der Waals surface area contributed by atoms with E-state index in [4.69, 9.17) is 4.74 Å². The fraction of sp³-hybridized carbons (Fsp3) is 0.111. The van der Waals surface area contributed by atoms with Crippen LogP contribution in [0.4, 0.5) is 0 Å². The van der Waals surface area contributed by atoms with Gasteiger partial charge in [-0.1, -0.05) is 42.5 Å². The maximum absolute atomic E-state index is 12.4. The highest BCUT2D eigenvalue weighted by atomic mass is 16.5. The Morgan fingerprint density at radius 3 is 2.76 bits per heavy atom. The predicted octanol–water partition coefficient (Wildman–Crippen LogP) is 3.67. The highest BCUT2D eigenvalue weighted by Gasteiger charge is 2.10. The molecule has 0 N–H and O–H groups in total. The molecule has 3 aromatic rings. The minimum Gasteiger partial charge on any atom is -0.495 e. The summed E-state index contributed by atoms with van der Waals surface area (Å²) in [7, 11) is 1.57. The number of Topliss-reactive ketones (excluding diaryl/α,β-unsaturated/α-hetero) is 1. The molecule has 0 radical (unpaired) electrons. The zero-order chi connectivity index (χ0) is 14.7. The summed E-state index contributed by atoms with van der Waals surface area (Å²) >= 11 is 0. The molecule has 0 fully saturated rings. The molecular weight excluding hydrogens is 262 g/mol. The van der Waals surface area contributed by atoms with Crippen molar-refractivity contribution >= 4 is 16.6 Å². The molecule has 0 aliphatic heterocycles. The van der Waals surface area contributed by atoms with Crippen molar-refractivity contribution in [3.05, 3.63) is 72.1 Å². The second-order valence-electron chi connectivity index (χ2n) is 4.85. The first kappa shape index (κ1) is 13.3. The van der Waals surface area contributed by atoms with Crippen LogP contribution >= 0.6 is 0 Å². The predicted molar refractivity (Wildman–Crippen MR) is 82.8 cm³/mol. The molecule has 1 heterocycles. The molecule has 3 rings (SSSR count). The van der Waals surface area contributed by atoms with Gasteiger partial charge in [0.05, 0.1) is 13.3 Å². The van der Waals surface area contributed by atoms with Gasteiger partial charge in [-0.05, 0) is 22.4 Å². The summed E-state index contributed by atoms with van der Waals surface area (Å²) in [6.07, 6.45) is 3.53. The third-order valence-corrected chi connectivity index (χ3v) is 3.50. The summed E-state index contributed by atoms with van der Waals surface area (Å²) in [5, 5.41) is 2.26. The first-order valence-corrected chi connectivity index (χ1v) is 6.77. The Hall–Kier alpha value is -2.68. The zero-order valence-corrected chi connectivity index (χ0v) is 11.7. The molecule has 0 spiro atoms. The quantitative estimate of drug-likeness (QED) is 0.683. The highest BCUT2D eigenvalue weighted by molar-refractivity contribution is 6.00. The molecule has 104 valence electrons. The van der Waals surface area contributed by atoms with E-state index in [1.54, 1.807) is 25.6 Å². The lowest BCUT2D eigenvalue weighted by molar-refractivity contribution is 0.0992. The maximum Gasteiger partial charge on any atom is 0.168 e. The van der Waals surface area contributed by atoms with Gasteiger partial charge in [-0.25, -0.2) is 0 Å². The number of aromatic nitrogens is 1. The number of hydrogen-bond donors (Lipinski definition) is 0. The molecule has 0 atom stereocenters. The van der Waals surface area contributed by atoms with E-state index in [1.807, 2.05) is 30.3 Å². The van der Waals surface area contributed by atoms with Gasteiger partial charge >= 0.3 is 0 Å². The summed E-state index contributed by atoms with van der Waals surface area (Å²) in [5.41, 5.74) is 1.60. The van der Waals surface area contributed by atoms with Crippen molar-refractivity contribution in [2.75, 3.05) is 7.11 Å². The smallest absolute Gasteiger partial charge is 0.168 e. The van der Waals surface area contributed by atoms with Crippen LogP contribution in [0, 0.1) is 0 Å². The number of carbonyl (C=O) groups is 1. The van der Waals surface area contributed by atoms with Crippen LogP contribution in [0.25, 0.3) is 10.8 Å². The largest absolute Gasteiger partial charge is 0.495 e. The second kappa shape index (κ2) is 5.75. The zero-order valence-electron chi connectivity index (χ0n) is 11.7. The molecule has 0 saturated heterocycles. The fourth-order valence-corrected chi connectivity index (χ4v) is 2.40. The maximum atomic E-state index is 12.4. The van der Waals surface area contributed by atoms with Crippen molar-refractivity contribution < 1.29 is 9.53 Å². The van der Waals surface area contributed by atoms with E-state index in [0.717, 1.165) is 16.3 Å². The molecule has 3 heteroatoms. The molecule has 0 amide bonds. The highest BCUT2D eigenvalue weighted by Crippen LogP contribution is 2.20. The minimum absolute atomic E-state index is 0.0396. The number of ketones is 1. The van der Waals surface area contributed by atoms with Crippen molar-refractivity contribution in [1.29, 1.82) is 0 Å². The summed E-state index contributed by atoms with van der Waals surface area (Å²) in [6, 6.07) is 15.8. The molecule has 2 aromatic carbocycles. The van der Waals surface area contributed by atoms with E-state index >= 15 is 0 Å². The van der Waals surface area contributed by atoms with Crippen LogP contribution in [-0.4, -0.2) is 17.9 Å². The van der Waals surface area contributed by atoms with Crippen molar-refractivity contribution in [2.24, 2.45) is 0 Å². The van der Waals surface area contributed by atoms with Crippen molar-refractivity contribution in [1.82, 2.24) is 4.98 Å². The molecule has 21 heavy (non-hydrogen) atoms. The molecular formula is C18H15NO2. The number of fused-ring (bicyclic) bond motifs is 1. The van der Waals surface area contributed by atoms with E-state index in [2.05, 4.69) is 17.1 Å². The summed E-state index contributed by atoms with van der Waals surface area (Å²) in [4.78, 5) is 16.5. The normalized spacial score (nSPS) is 10.5. The number of methoxy groups -OCH3 is 1. The summed E-state index contributed by atoms with van der Waals surface area (Å²) in [6.45, 7) is 0. The molecule has 0 aliphatic rings. The SMILES string of the molecule is COc1cncc(C(=O)Cc2cccc3ccccc23)c1. The van der Waals surface area contributed by atoms with E-state index in [9.17, 15) is 4.79 Å². The first-order valence-electron chi connectivity index (χ1n) is 6.77. The van der Waals surface area contributed by atoms with Crippen molar-refractivity contribution in [3.63, 3.8) is 0 Å². The average molecular weight is 277 g/mol. The number of benzene rings is 2. The number of ether oxygens (including phenoxy) is 1. The monoisotopic (exact) mass is 277 g/mol. The molecule has 0 aliphatic carbocycles. The Morgan fingerprint density at radius 2 is 1.90 bits per heavy atom. The van der Waals surface area contributed by atoms with Gasteiger partial charge in [0, 0.05) is 18.2 Å². The van der Waals surface area contributed by atoms with Gasteiger partial charge in [0.25, 0.3) is 0 Å². The Morgan fingerprint density at radius 1 is 1.10 bits per heavy atom. The number of rotatable bonds is 4. The van der Waals surface area contributed by atoms with Gasteiger partial charge in [-0.2, -0.15) is 0 Å². The Labute approximate surface area is 123 Å². The first-order chi connectivity index (χ1) is 10.3. The molecule has 0 saturated carbocycles. The molecule has 1 aromatic heterocycles. The van der Waals surface area contributed by atoms with Crippen LogP contribution in [0.2, 0.25) is 0 Å². The van der Waals surface area contributed by atoms with Crippen molar-refractivity contribution in [2.45, 2.75) is 6.42 Å². The number of hydrogen-bond acceptors (Lipinski definition) is 3. The van der Waals surface area contributed by atoms with E-state index < -0.39 is 0 Å². The third kappa shape index (κ3) is 2.77. The molecule has 0 bridgehead atoms. The van der Waals surface area contributed by atoms with E-state index in [1.165, 1.54) is 0 Å². The summed E-state index contributed by atoms with van der Waals surface area (Å²) in [5.74, 6) is 0.636. The Balaban J connectivity index is 1.93. The Kier molecular flexibility index (Phi) is 3.65. The Bertz CT molecular complexity index is 791. The fourth-order valence-electron chi connectivity index (χ4n) is 2.40. The second-order valence-corrected chi connectivity index (χ2v) is 4.85. The minimum atomic E-state index is 0.0396. The van der Waals surface area contributed by atoms with Crippen LogP contribution in [0.1, 0.15) is 15.9 Å². The van der Waals surface area contributed by atoms with Gasteiger partial charge in [0.15, 0.2) is 5.78 Å². The topological polar surface area (TPSA) is 39.2 Å². The van der Waals surface area contributed by atoms with E-state index in [-0.39, 0.29) is 5.78 Å². The molecule has 0 unspecified atom stereocenters. The number of carbonyl (C=O) groups excluding carboxylic acids is 1. The van der Waals surface area contributed by atoms with Gasteiger partial charge < -0.3 is 4.74 Å². The van der Waals surface area contributed by atoms with Crippen LogP contribution in [-0.2, 0) is 6.42 Å². The van der Waals surface area contributed by atoms with Crippen molar-refractivity contribution in [3.8, 4) is 5.75 Å². The van der Waals surface area contributed by atoms with E-state index in [0.29, 0.717) is 17.7 Å². The number of nitrogens with zero attached hydrogens (tertiary/aromatic N) is 1. The standard InChI is InChI=1S/C18H15NO2/c1-21-16-9-15(11-19-12-16)18(20)10-14-7-4-6-13-5-2-3-8-17(13)14/h2-9,11-12H,10H2,1H3. The van der Waals surface area contributed by atoms with Gasteiger partial charge in [-0.15, -0.1) is 0 Å². The number of pyridine rings is 1. The summed E-state index contributed by atoms with van der Waals surface area (Å²) < 4.78 is 5.11. The molecule has 3 nitrogen and oxygen atoms in total. The lowest BCUT2D eigenvalue weighted by atomic mass is 9.98. The average Bonchev–Trinajstić information content (AvgIpc) is 2.55. The van der Waals surface area contributed by atoms with Gasteiger partial charge in [0.2, 0.25) is 0 Å². The lowest BCUT2D eigenvalue weighted by Crippen LogP contribution is -2.05. The van der Waals surface area contributed by atoms with Crippen LogP contribution < -0.4 is 4.74 Å².